The summed E-state index contributed by atoms with van der Waals surface area (Å²) in [7, 11) is -6.19. The Balaban J connectivity index is 1.39. The molecule has 0 aromatic heterocycles. The standard InChI is InChI=1S/C29H41F3O8S/c1-16(7-8-25(36)40-12-10-23(30)29(31,32)41(37,38)39)19-5-4-6-20-26-21(15-24(35)28(19,20)3)27(2)11-9-18(33)13-17(27)14-22(26)34/h16-17,19-21,23,26H,4-15H2,1-3H3,(H,37,38,39)/p-1/t16-,17?,19-,20?,21?,23?,26?,27+,28-/m1/s1. The van der Waals surface area contributed by atoms with Crippen molar-refractivity contribution in [3.63, 3.8) is 0 Å². The van der Waals surface area contributed by atoms with Crippen molar-refractivity contribution >= 4 is 33.4 Å². The molecule has 232 valence electrons. The second kappa shape index (κ2) is 11.4. The van der Waals surface area contributed by atoms with Gasteiger partial charge in [0.05, 0.1) is 6.61 Å². The van der Waals surface area contributed by atoms with Gasteiger partial charge in [-0.25, -0.2) is 12.8 Å². The van der Waals surface area contributed by atoms with E-state index in [0.717, 1.165) is 19.3 Å². The second-order valence-electron chi connectivity index (χ2n) is 13.3. The van der Waals surface area contributed by atoms with Gasteiger partial charge < -0.3 is 9.29 Å². The lowest BCUT2D eigenvalue weighted by molar-refractivity contribution is -0.177. The van der Waals surface area contributed by atoms with E-state index in [4.69, 9.17) is 4.74 Å². The van der Waals surface area contributed by atoms with E-state index in [1.165, 1.54) is 0 Å². The molecule has 8 nitrogen and oxygen atoms in total. The van der Waals surface area contributed by atoms with Crippen LogP contribution in [0.15, 0.2) is 0 Å². The molecule has 4 rings (SSSR count). The van der Waals surface area contributed by atoms with E-state index in [1.54, 1.807) is 0 Å². The first-order valence-corrected chi connectivity index (χ1v) is 16.1. The van der Waals surface area contributed by atoms with Crippen LogP contribution in [0.25, 0.3) is 0 Å². The Morgan fingerprint density at radius 1 is 1.10 bits per heavy atom. The maximum Gasteiger partial charge on any atom is 0.364 e. The topological polar surface area (TPSA) is 135 Å². The number of rotatable bonds is 9. The molecule has 0 radical (unpaired) electrons. The van der Waals surface area contributed by atoms with Crippen molar-refractivity contribution in [1.29, 1.82) is 0 Å². The van der Waals surface area contributed by atoms with E-state index in [-0.39, 0.29) is 64.7 Å². The number of halogens is 3. The van der Waals surface area contributed by atoms with Crippen LogP contribution < -0.4 is 0 Å². The van der Waals surface area contributed by atoms with E-state index in [2.05, 4.69) is 6.92 Å². The van der Waals surface area contributed by atoms with Crippen LogP contribution in [0.3, 0.4) is 0 Å². The van der Waals surface area contributed by atoms with E-state index in [1.807, 2.05) is 13.8 Å². The number of alkyl halides is 3. The van der Waals surface area contributed by atoms with Gasteiger partial charge in [0.1, 0.15) is 17.3 Å². The molecule has 0 saturated heterocycles. The molecule has 0 heterocycles. The van der Waals surface area contributed by atoms with Gasteiger partial charge in [0.25, 0.3) is 0 Å². The monoisotopic (exact) mass is 605 g/mol. The lowest BCUT2D eigenvalue weighted by Gasteiger charge is -2.62. The summed E-state index contributed by atoms with van der Waals surface area (Å²) in [6.07, 6.45) is 0.437. The van der Waals surface area contributed by atoms with Crippen LogP contribution in [0.1, 0.15) is 91.4 Å². The molecule has 0 aromatic carbocycles. The molecule has 0 amide bonds. The molecule has 4 aliphatic rings. The molecule has 0 spiro atoms. The van der Waals surface area contributed by atoms with Crippen LogP contribution in [-0.2, 0) is 34.0 Å². The Labute approximate surface area is 239 Å². The largest absolute Gasteiger partial charge is 0.743 e. The zero-order valence-electron chi connectivity index (χ0n) is 23.8. The lowest BCUT2D eigenvalue weighted by atomic mass is 9.40. The predicted octanol–water partition coefficient (Wildman–Crippen LogP) is 4.79. The Morgan fingerprint density at radius 2 is 1.78 bits per heavy atom. The van der Waals surface area contributed by atoms with E-state index >= 15 is 0 Å². The van der Waals surface area contributed by atoms with E-state index in [0.29, 0.717) is 38.5 Å². The van der Waals surface area contributed by atoms with Gasteiger partial charge in [-0.2, -0.15) is 8.78 Å². The lowest BCUT2D eigenvalue weighted by Crippen LogP contribution is -2.62. The zero-order chi connectivity index (χ0) is 30.5. The number of Topliss-reactive ketones (excluding diaryl/α,β-unsaturated/α-hetero) is 3. The van der Waals surface area contributed by atoms with Crippen LogP contribution in [0.2, 0.25) is 0 Å². The third-order valence-electron chi connectivity index (χ3n) is 11.3. The minimum atomic E-state index is -6.19. The second-order valence-corrected chi connectivity index (χ2v) is 14.8. The quantitative estimate of drug-likeness (QED) is 0.271. The van der Waals surface area contributed by atoms with E-state index < -0.39 is 46.0 Å². The number of ether oxygens (including phenoxy) is 1. The normalized spacial score (nSPS) is 37.4. The summed E-state index contributed by atoms with van der Waals surface area (Å²) in [5.74, 6) is -0.887. The number of fused-ring (bicyclic) bond motifs is 5. The molecule has 0 bridgehead atoms. The van der Waals surface area contributed by atoms with E-state index in [9.17, 15) is 45.3 Å². The highest BCUT2D eigenvalue weighted by molar-refractivity contribution is 7.86. The molecule has 4 saturated carbocycles. The average Bonchev–Trinajstić information content (AvgIpc) is 2.88. The molecule has 0 aliphatic heterocycles. The first-order chi connectivity index (χ1) is 18.9. The number of hydrogen-bond donors (Lipinski definition) is 0. The maximum atomic E-state index is 14.0. The first kappa shape index (κ1) is 32.1. The maximum absolute atomic E-state index is 14.0. The molecule has 5 unspecified atom stereocenters. The minimum absolute atomic E-state index is 0.0115. The van der Waals surface area contributed by atoms with Gasteiger partial charge in [-0.15, -0.1) is 0 Å². The van der Waals surface area contributed by atoms with Crippen LogP contribution in [0.4, 0.5) is 13.2 Å². The molecule has 4 aliphatic carbocycles. The summed E-state index contributed by atoms with van der Waals surface area (Å²) in [5, 5.41) is -5.11. The van der Waals surface area contributed by atoms with Crippen LogP contribution >= 0.6 is 0 Å². The van der Waals surface area contributed by atoms with Crippen LogP contribution in [0.5, 0.6) is 0 Å². The summed E-state index contributed by atoms with van der Waals surface area (Å²) in [6, 6.07) is 0. The van der Waals surface area contributed by atoms with Gasteiger partial charge in [0.15, 0.2) is 16.3 Å². The summed E-state index contributed by atoms with van der Waals surface area (Å²) in [4.78, 5) is 52.0. The smallest absolute Gasteiger partial charge is 0.364 e. The van der Waals surface area contributed by atoms with Crippen molar-refractivity contribution in [2.75, 3.05) is 6.61 Å². The Morgan fingerprint density at radius 3 is 2.44 bits per heavy atom. The minimum Gasteiger partial charge on any atom is -0.743 e. The van der Waals surface area contributed by atoms with Crippen molar-refractivity contribution < 1.29 is 50.1 Å². The Kier molecular flexibility index (Phi) is 8.89. The molecular formula is C29H40F3O8S-. The highest BCUT2D eigenvalue weighted by atomic mass is 32.2. The summed E-state index contributed by atoms with van der Waals surface area (Å²) in [6.45, 7) is 5.25. The number of carbonyl (C=O) groups excluding carboxylic acids is 4. The van der Waals surface area contributed by atoms with Crippen molar-refractivity contribution in [2.24, 2.45) is 46.3 Å². The number of carbonyl (C=O) groups is 4. The number of esters is 1. The van der Waals surface area contributed by atoms with Crippen molar-refractivity contribution in [3.8, 4) is 0 Å². The molecule has 0 N–H and O–H groups in total. The average molecular weight is 606 g/mol. The van der Waals surface area contributed by atoms with Gasteiger partial charge in [0.2, 0.25) is 0 Å². The molecule has 4 fully saturated rings. The molecule has 41 heavy (non-hydrogen) atoms. The van der Waals surface area contributed by atoms with Crippen molar-refractivity contribution in [2.45, 2.75) is 103 Å². The molecule has 12 heteroatoms. The van der Waals surface area contributed by atoms with Crippen molar-refractivity contribution in [1.82, 2.24) is 0 Å². The molecule has 0 aromatic rings. The third kappa shape index (κ3) is 5.63. The Bertz CT molecular complexity index is 1190. The fraction of sp³-hybridized carbons (Fsp3) is 0.862. The summed E-state index contributed by atoms with van der Waals surface area (Å²) < 4.78 is 76.6. The fourth-order valence-corrected chi connectivity index (χ4v) is 9.24. The van der Waals surface area contributed by atoms with Crippen LogP contribution in [0, 0.1) is 46.3 Å². The van der Waals surface area contributed by atoms with Gasteiger partial charge in [0, 0.05) is 49.9 Å². The van der Waals surface area contributed by atoms with Crippen molar-refractivity contribution in [3.05, 3.63) is 0 Å². The van der Waals surface area contributed by atoms with Gasteiger partial charge >= 0.3 is 11.2 Å². The third-order valence-corrected chi connectivity index (χ3v) is 12.2. The zero-order valence-corrected chi connectivity index (χ0v) is 24.7. The number of hydrogen-bond acceptors (Lipinski definition) is 8. The predicted molar refractivity (Wildman–Crippen MR) is 139 cm³/mol. The Hall–Kier alpha value is -1.82. The van der Waals surface area contributed by atoms with Crippen LogP contribution in [-0.4, -0.2) is 54.3 Å². The fourth-order valence-electron chi connectivity index (χ4n) is 8.81. The SMILES string of the molecule is C[C@H](CCC(=O)OCCC(F)C(F)(F)S(=O)(=O)[O-])[C@H]1CCCC2C3C(=O)CC4CC(=O)CC[C@]4(C)C3CC(=O)[C@@]21C. The summed E-state index contributed by atoms with van der Waals surface area (Å²) >= 11 is 0. The first-order valence-electron chi connectivity index (χ1n) is 14.6. The molecule has 9 atom stereocenters. The summed E-state index contributed by atoms with van der Waals surface area (Å²) in [5.41, 5.74) is -0.949. The van der Waals surface area contributed by atoms with Gasteiger partial charge in [-0.3, -0.25) is 19.2 Å². The highest BCUT2D eigenvalue weighted by Crippen LogP contribution is 2.65. The number of ketones is 3. The highest BCUT2D eigenvalue weighted by Gasteiger charge is 2.65. The molecular weight excluding hydrogens is 565 g/mol. The van der Waals surface area contributed by atoms with Gasteiger partial charge in [-0.1, -0.05) is 27.2 Å². The van der Waals surface area contributed by atoms with Gasteiger partial charge in [-0.05, 0) is 60.7 Å².